The van der Waals surface area contributed by atoms with Gasteiger partial charge < -0.3 is 9.97 Å². The van der Waals surface area contributed by atoms with E-state index in [0.717, 1.165) is 33.9 Å². The number of halogens is 2. The number of hydrogen-bond donors (Lipinski definition) is 2. The second kappa shape index (κ2) is 6.79. The van der Waals surface area contributed by atoms with E-state index in [9.17, 15) is 0 Å². The van der Waals surface area contributed by atoms with E-state index in [-0.39, 0.29) is 0 Å². The van der Waals surface area contributed by atoms with Crippen LogP contribution < -0.4 is 0 Å². The molecule has 0 aliphatic heterocycles. The van der Waals surface area contributed by atoms with Gasteiger partial charge in [0, 0.05) is 29.9 Å². The van der Waals surface area contributed by atoms with Gasteiger partial charge in [0.2, 0.25) is 0 Å². The van der Waals surface area contributed by atoms with Crippen LogP contribution in [0.25, 0.3) is 22.5 Å². The summed E-state index contributed by atoms with van der Waals surface area (Å²) >= 11 is 12.7. The van der Waals surface area contributed by atoms with Gasteiger partial charge >= 0.3 is 0 Å². The van der Waals surface area contributed by atoms with E-state index in [1.54, 1.807) is 6.07 Å². The van der Waals surface area contributed by atoms with Crippen LogP contribution in [0.2, 0.25) is 10.0 Å². The monoisotopic (exact) mass is 367 g/mol. The predicted molar refractivity (Wildman–Crippen MR) is 103 cm³/mol. The SMILES string of the molecule is Clc1cccc(-c2[nH]c(Cc3cc[nH]c3)nc2-c2ccccc2)c1Cl. The number of nitrogens with one attached hydrogen (secondary N) is 2. The third-order valence-electron chi connectivity index (χ3n) is 4.05. The first-order valence-electron chi connectivity index (χ1n) is 7.93. The first kappa shape index (κ1) is 16.0. The molecule has 4 aromatic rings. The highest BCUT2D eigenvalue weighted by Crippen LogP contribution is 2.37. The lowest BCUT2D eigenvalue weighted by molar-refractivity contribution is 1.03. The normalized spacial score (nSPS) is 11.0. The van der Waals surface area contributed by atoms with Crippen molar-refractivity contribution < 1.29 is 0 Å². The Hall–Kier alpha value is -2.49. The number of imidazole rings is 1. The molecular weight excluding hydrogens is 353 g/mol. The van der Waals surface area contributed by atoms with Gasteiger partial charge in [-0.3, -0.25) is 0 Å². The molecule has 0 aliphatic carbocycles. The van der Waals surface area contributed by atoms with Gasteiger partial charge in [-0.1, -0.05) is 65.7 Å². The molecule has 0 atom stereocenters. The van der Waals surface area contributed by atoms with E-state index >= 15 is 0 Å². The van der Waals surface area contributed by atoms with Crippen molar-refractivity contribution in [1.82, 2.24) is 15.0 Å². The van der Waals surface area contributed by atoms with Crippen molar-refractivity contribution in [2.75, 3.05) is 0 Å². The van der Waals surface area contributed by atoms with Crippen LogP contribution in [0.1, 0.15) is 11.4 Å². The number of hydrogen-bond acceptors (Lipinski definition) is 1. The van der Waals surface area contributed by atoms with E-state index in [2.05, 4.69) is 9.97 Å². The van der Waals surface area contributed by atoms with Gasteiger partial charge in [-0.05, 0) is 17.7 Å². The fourth-order valence-electron chi connectivity index (χ4n) is 2.86. The molecule has 0 radical (unpaired) electrons. The van der Waals surface area contributed by atoms with Crippen molar-refractivity contribution in [3.63, 3.8) is 0 Å². The number of H-pyrrole nitrogens is 2. The van der Waals surface area contributed by atoms with Gasteiger partial charge in [0.05, 0.1) is 21.4 Å². The molecule has 4 rings (SSSR count). The average molecular weight is 368 g/mol. The fraction of sp³-hybridized carbons (Fsp3) is 0.0500. The maximum Gasteiger partial charge on any atom is 0.111 e. The standard InChI is InChI=1S/C20H15Cl2N3/c21-16-8-4-7-15(18(16)22)20-19(14-5-2-1-3-6-14)24-17(25-20)11-13-9-10-23-12-13/h1-10,12,23H,11H2,(H,24,25). The molecule has 2 aromatic carbocycles. The Kier molecular flexibility index (Phi) is 4.35. The van der Waals surface area contributed by atoms with Gasteiger partial charge in [-0.2, -0.15) is 0 Å². The third kappa shape index (κ3) is 3.21. The zero-order valence-corrected chi connectivity index (χ0v) is 14.8. The second-order valence-electron chi connectivity index (χ2n) is 5.77. The van der Waals surface area contributed by atoms with Crippen LogP contribution in [0.5, 0.6) is 0 Å². The summed E-state index contributed by atoms with van der Waals surface area (Å²) in [5, 5.41) is 1.05. The van der Waals surface area contributed by atoms with Crippen LogP contribution in [0.15, 0.2) is 67.0 Å². The highest BCUT2D eigenvalue weighted by atomic mass is 35.5. The molecule has 2 heterocycles. The van der Waals surface area contributed by atoms with Crippen molar-refractivity contribution in [3.05, 3.63) is 88.4 Å². The molecule has 5 heteroatoms. The minimum Gasteiger partial charge on any atom is -0.367 e. The van der Waals surface area contributed by atoms with E-state index in [1.165, 1.54) is 0 Å². The number of aromatic amines is 2. The number of aromatic nitrogens is 3. The molecule has 3 nitrogen and oxygen atoms in total. The van der Waals surface area contributed by atoms with Crippen LogP contribution in [-0.4, -0.2) is 15.0 Å². The minimum atomic E-state index is 0.526. The van der Waals surface area contributed by atoms with Crippen LogP contribution in [-0.2, 0) is 6.42 Å². The van der Waals surface area contributed by atoms with Crippen molar-refractivity contribution in [2.45, 2.75) is 6.42 Å². The summed E-state index contributed by atoms with van der Waals surface area (Å²) in [6, 6.07) is 17.7. The van der Waals surface area contributed by atoms with E-state index in [0.29, 0.717) is 16.5 Å². The lowest BCUT2D eigenvalue weighted by atomic mass is 10.1. The smallest absolute Gasteiger partial charge is 0.111 e. The van der Waals surface area contributed by atoms with Crippen LogP contribution in [0, 0.1) is 0 Å². The largest absolute Gasteiger partial charge is 0.367 e. The third-order valence-corrected chi connectivity index (χ3v) is 4.87. The summed E-state index contributed by atoms with van der Waals surface area (Å²) in [5.74, 6) is 0.879. The molecule has 2 aromatic heterocycles. The number of nitrogens with zero attached hydrogens (tertiary/aromatic N) is 1. The van der Waals surface area contributed by atoms with E-state index in [4.69, 9.17) is 28.2 Å². The van der Waals surface area contributed by atoms with E-state index < -0.39 is 0 Å². The number of rotatable bonds is 4. The summed E-state index contributed by atoms with van der Waals surface area (Å²) in [6.07, 6.45) is 4.59. The molecule has 25 heavy (non-hydrogen) atoms. The van der Waals surface area contributed by atoms with Crippen molar-refractivity contribution >= 4 is 23.2 Å². The Morgan fingerprint density at radius 3 is 2.52 bits per heavy atom. The fourth-order valence-corrected chi connectivity index (χ4v) is 3.26. The highest BCUT2D eigenvalue weighted by Gasteiger charge is 2.17. The molecule has 0 saturated heterocycles. The van der Waals surface area contributed by atoms with Crippen molar-refractivity contribution in [2.24, 2.45) is 0 Å². The maximum atomic E-state index is 6.45. The molecule has 0 saturated carbocycles. The summed E-state index contributed by atoms with van der Waals surface area (Å²) < 4.78 is 0. The molecule has 0 aliphatic rings. The lowest BCUT2D eigenvalue weighted by Crippen LogP contribution is -1.88. The van der Waals surface area contributed by atoms with Gasteiger partial charge in [-0.15, -0.1) is 0 Å². The summed E-state index contributed by atoms with van der Waals surface area (Å²) in [7, 11) is 0. The Labute approximate surface area is 155 Å². The van der Waals surface area contributed by atoms with Crippen molar-refractivity contribution in [3.8, 4) is 22.5 Å². The predicted octanol–water partition coefficient (Wildman–Crippen LogP) is 5.97. The Bertz CT molecular complexity index is 989. The van der Waals surface area contributed by atoms with Crippen LogP contribution >= 0.6 is 23.2 Å². The highest BCUT2D eigenvalue weighted by molar-refractivity contribution is 6.43. The molecule has 0 amide bonds. The van der Waals surface area contributed by atoms with Gasteiger partial charge in [0.1, 0.15) is 5.82 Å². The van der Waals surface area contributed by atoms with Gasteiger partial charge in [-0.25, -0.2) is 4.98 Å². The Morgan fingerprint density at radius 1 is 0.920 bits per heavy atom. The Balaban J connectivity index is 1.86. The summed E-state index contributed by atoms with van der Waals surface area (Å²) in [4.78, 5) is 11.3. The molecule has 0 spiro atoms. The zero-order chi connectivity index (χ0) is 17.2. The zero-order valence-electron chi connectivity index (χ0n) is 13.3. The lowest BCUT2D eigenvalue weighted by Gasteiger charge is -2.06. The van der Waals surface area contributed by atoms with Crippen LogP contribution in [0.3, 0.4) is 0 Å². The second-order valence-corrected chi connectivity index (χ2v) is 6.56. The maximum absolute atomic E-state index is 6.45. The summed E-state index contributed by atoms with van der Waals surface area (Å²) in [5.41, 5.74) is 4.79. The van der Waals surface area contributed by atoms with Crippen molar-refractivity contribution in [1.29, 1.82) is 0 Å². The molecule has 0 fully saturated rings. The molecule has 0 unspecified atom stereocenters. The molecular formula is C20H15Cl2N3. The molecule has 2 N–H and O–H groups in total. The minimum absolute atomic E-state index is 0.526. The average Bonchev–Trinajstić information content (AvgIpc) is 3.28. The molecule has 0 bridgehead atoms. The quantitative estimate of drug-likeness (QED) is 0.458. The Morgan fingerprint density at radius 2 is 1.76 bits per heavy atom. The number of benzene rings is 2. The van der Waals surface area contributed by atoms with Gasteiger partial charge in [0.25, 0.3) is 0 Å². The first-order valence-corrected chi connectivity index (χ1v) is 8.68. The van der Waals surface area contributed by atoms with Gasteiger partial charge in [0.15, 0.2) is 0 Å². The van der Waals surface area contributed by atoms with Crippen LogP contribution in [0.4, 0.5) is 0 Å². The topological polar surface area (TPSA) is 44.5 Å². The molecule has 124 valence electrons. The van der Waals surface area contributed by atoms with E-state index in [1.807, 2.05) is 60.9 Å². The summed E-state index contributed by atoms with van der Waals surface area (Å²) in [6.45, 7) is 0. The first-order chi connectivity index (χ1) is 12.2.